The second-order valence-electron chi connectivity index (χ2n) is 9.46. The van der Waals surface area contributed by atoms with Crippen molar-refractivity contribution in [3.8, 4) is 0 Å². The third kappa shape index (κ3) is 4.90. The molecule has 1 saturated heterocycles. The number of fused-ring (bicyclic) bond motifs is 1. The molecule has 1 fully saturated rings. The molecule has 2 aliphatic rings. The Morgan fingerprint density at radius 3 is 2.58 bits per heavy atom. The number of benzene rings is 1. The molecule has 4 rings (SSSR count). The van der Waals surface area contributed by atoms with Crippen molar-refractivity contribution in [2.45, 2.75) is 64.8 Å². The van der Waals surface area contributed by atoms with E-state index in [0.717, 1.165) is 17.3 Å². The Kier molecular flexibility index (Phi) is 6.22. The predicted octanol–water partition coefficient (Wildman–Crippen LogP) is 4.66. The van der Waals surface area contributed by atoms with Crippen molar-refractivity contribution in [2.75, 3.05) is 18.4 Å². The Morgan fingerprint density at radius 2 is 1.91 bits per heavy atom. The summed E-state index contributed by atoms with van der Waals surface area (Å²) in [5.41, 5.74) is 0.675. The number of halogens is 3. The van der Waals surface area contributed by atoms with Gasteiger partial charge in [-0.2, -0.15) is 0 Å². The van der Waals surface area contributed by atoms with E-state index in [0.29, 0.717) is 37.8 Å². The summed E-state index contributed by atoms with van der Waals surface area (Å²) in [5.74, 6) is 0.181. The van der Waals surface area contributed by atoms with E-state index in [4.69, 9.17) is 4.74 Å². The molecule has 0 saturated carbocycles. The molecule has 33 heavy (non-hydrogen) atoms. The van der Waals surface area contributed by atoms with E-state index < -0.39 is 29.4 Å². The van der Waals surface area contributed by atoms with Gasteiger partial charge in [0.05, 0.1) is 23.2 Å². The molecule has 178 valence electrons. The Balaban J connectivity index is 1.52. The van der Waals surface area contributed by atoms with Crippen LogP contribution in [0.15, 0.2) is 18.2 Å². The number of alkyl halides is 2. The molecule has 0 aliphatic carbocycles. The van der Waals surface area contributed by atoms with Gasteiger partial charge in [0.15, 0.2) is 0 Å². The molecule has 0 bridgehead atoms. The molecule has 1 aromatic heterocycles. The summed E-state index contributed by atoms with van der Waals surface area (Å²) in [6.07, 6.45) is -3.26. The minimum atomic E-state index is -2.89. The summed E-state index contributed by atoms with van der Waals surface area (Å²) in [5, 5.41) is 6.42. The first-order valence-electron chi connectivity index (χ1n) is 10.9. The maximum atomic E-state index is 14.6. The third-order valence-electron chi connectivity index (χ3n) is 5.72. The number of rotatable bonds is 5. The predicted molar refractivity (Wildman–Crippen MR) is 117 cm³/mol. The number of aromatic nitrogens is 2. The summed E-state index contributed by atoms with van der Waals surface area (Å²) in [4.78, 5) is 23.2. The minimum absolute atomic E-state index is 0.0434. The number of carbonyl (C=O) groups is 1. The van der Waals surface area contributed by atoms with Gasteiger partial charge in [-0.15, -0.1) is 0 Å². The Bertz CT molecular complexity index is 1050. The van der Waals surface area contributed by atoms with Crippen molar-refractivity contribution >= 4 is 11.9 Å². The number of amides is 1. The lowest BCUT2D eigenvalue weighted by Crippen LogP contribution is -2.50. The number of anilines is 1. The second kappa shape index (κ2) is 8.81. The first-order chi connectivity index (χ1) is 15.5. The second-order valence-corrected chi connectivity index (χ2v) is 9.46. The highest BCUT2D eigenvalue weighted by atomic mass is 19.3. The molecule has 1 amide bonds. The molecule has 2 aromatic rings. The molecule has 10 heteroatoms. The van der Waals surface area contributed by atoms with E-state index in [9.17, 15) is 18.0 Å². The molecule has 2 aliphatic heterocycles. The number of hydrogen-bond acceptors (Lipinski definition) is 6. The molecule has 7 nitrogen and oxygen atoms in total. The topological polar surface area (TPSA) is 79.4 Å². The molecule has 3 heterocycles. The van der Waals surface area contributed by atoms with Gasteiger partial charge in [-0.25, -0.2) is 27.9 Å². The maximum Gasteiger partial charge on any atom is 0.410 e. The van der Waals surface area contributed by atoms with Crippen molar-refractivity contribution in [3.63, 3.8) is 0 Å². The molecule has 1 atom stereocenters. The van der Waals surface area contributed by atoms with Gasteiger partial charge in [-0.1, -0.05) is 18.2 Å². The smallest absolute Gasteiger partial charge is 0.410 e. The molecule has 1 aromatic carbocycles. The highest BCUT2D eigenvalue weighted by Crippen LogP contribution is 2.33. The summed E-state index contributed by atoms with van der Waals surface area (Å²) < 4.78 is 46.3. The van der Waals surface area contributed by atoms with Gasteiger partial charge < -0.3 is 20.3 Å². The van der Waals surface area contributed by atoms with Gasteiger partial charge in [-0.05, 0) is 27.7 Å². The third-order valence-corrected chi connectivity index (χ3v) is 5.72. The SMILES string of the molecule is C[C@@H](Nc1nc(C2CN(C(=O)OC(C)(C)C)C2)nc2c1CNC2)c1cccc(C(F)F)c1F. The normalized spacial score (nSPS) is 17.0. The van der Waals surface area contributed by atoms with Gasteiger partial charge in [0, 0.05) is 37.3 Å². The van der Waals surface area contributed by atoms with Crippen molar-refractivity contribution in [2.24, 2.45) is 0 Å². The monoisotopic (exact) mass is 463 g/mol. The lowest BCUT2D eigenvalue weighted by molar-refractivity contribution is 0.00751. The molecular formula is C23H28F3N5O2. The zero-order valence-electron chi connectivity index (χ0n) is 19.1. The summed E-state index contributed by atoms with van der Waals surface area (Å²) in [6.45, 7) is 9.18. The standard InChI is InChI=1S/C23H28F3N5O2/c1-12(14-6-5-7-15(18(14)24)19(25)26)28-21-16-8-27-9-17(16)29-20(30-21)13-10-31(11-13)22(32)33-23(2,3)4/h5-7,12-13,19,27H,8-11H2,1-4H3,(H,28,29,30)/t12-/m1/s1. The fourth-order valence-corrected chi connectivity index (χ4v) is 3.96. The average Bonchev–Trinajstić information content (AvgIpc) is 3.14. The van der Waals surface area contributed by atoms with Gasteiger partial charge in [0.2, 0.25) is 0 Å². The van der Waals surface area contributed by atoms with E-state index in [2.05, 4.69) is 20.6 Å². The Labute approximate surface area is 190 Å². The first kappa shape index (κ1) is 23.3. The van der Waals surface area contributed by atoms with Gasteiger partial charge >= 0.3 is 6.09 Å². The number of ether oxygens (including phenoxy) is 1. The molecule has 0 unspecified atom stereocenters. The fourth-order valence-electron chi connectivity index (χ4n) is 3.96. The zero-order valence-corrected chi connectivity index (χ0v) is 19.1. The molecule has 0 spiro atoms. The number of nitrogens with one attached hydrogen (secondary N) is 2. The van der Waals surface area contributed by atoms with Gasteiger partial charge in [-0.3, -0.25) is 0 Å². The summed E-state index contributed by atoms with van der Waals surface area (Å²) >= 11 is 0. The average molecular weight is 464 g/mol. The van der Waals surface area contributed by atoms with Crippen molar-refractivity contribution < 1.29 is 22.7 Å². The van der Waals surface area contributed by atoms with Crippen molar-refractivity contribution in [1.29, 1.82) is 0 Å². The van der Waals surface area contributed by atoms with Crippen molar-refractivity contribution in [1.82, 2.24) is 20.2 Å². The van der Waals surface area contributed by atoms with Crippen LogP contribution in [0.1, 0.15) is 74.3 Å². The molecule has 0 radical (unpaired) electrons. The zero-order chi connectivity index (χ0) is 23.9. The van der Waals surface area contributed by atoms with E-state index >= 15 is 0 Å². The minimum Gasteiger partial charge on any atom is -0.444 e. The molecular weight excluding hydrogens is 435 g/mol. The van der Waals surface area contributed by atoms with Gasteiger partial charge in [0.1, 0.15) is 23.1 Å². The maximum absolute atomic E-state index is 14.6. The van der Waals surface area contributed by atoms with Crippen LogP contribution in [0.25, 0.3) is 0 Å². The Morgan fingerprint density at radius 1 is 1.21 bits per heavy atom. The van der Waals surface area contributed by atoms with Crippen LogP contribution < -0.4 is 10.6 Å². The fraction of sp³-hybridized carbons (Fsp3) is 0.522. The lowest BCUT2D eigenvalue weighted by atomic mass is 9.99. The van der Waals surface area contributed by atoms with Gasteiger partial charge in [0.25, 0.3) is 6.43 Å². The molecule has 2 N–H and O–H groups in total. The van der Waals surface area contributed by atoms with Crippen molar-refractivity contribution in [3.05, 3.63) is 52.2 Å². The van der Waals surface area contributed by atoms with Crippen LogP contribution in [0.3, 0.4) is 0 Å². The van der Waals surface area contributed by atoms with Crippen LogP contribution in [0, 0.1) is 5.82 Å². The van der Waals surface area contributed by atoms with Crippen LogP contribution in [-0.4, -0.2) is 39.7 Å². The number of likely N-dealkylation sites (tertiary alicyclic amines) is 1. The number of carbonyl (C=O) groups excluding carboxylic acids is 1. The van der Waals surface area contributed by atoms with E-state index in [-0.39, 0.29) is 17.6 Å². The van der Waals surface area contributed by atoms with Crippen LogP contribution in [0.4, 0.5) is 23.8 Å². The van der Waals surface area contributed by atoms with E-state index in [1.807, 2.05) is 20.8 Å². The highest BCUT2D eigenvalue weighted by molar-refractivity contribution is 5.69. The van der Waals surface area contributed by atoms with Crippen LogP contribution in [0.2, 0.25) is 0 Å². The quantitative estimate of drug-likeness (QED) is 0.671. The summed E-state index contributed by atoms with van der Waals surface area (Å²) in [6, 6.07) is 3.42. The number of hydrogen-bond donors (Lipinski definition) is 2. The van der Waals surface area contributed by atoms with E-state index in [1.54, 1.807) is 11.8 Å². The van der Waals surface area contributed by atoms with Crippen LogP contribution >= 0.6 is 0 Å². The van der Waals surface area contributed by atoms with Crippen LogP contribution in [0.5, 0.6) is 0 Å². The Hall–Kier alpha value is -2.88. The highest BCUT2D eigenvalue weighted by Gasteiger charge is 2.37. The van der Waals surface area contributed by atoms with E-state index in [1.165, 1.54) is 12.1 Å². The number of nitrogens with zero attached hydrogens (tertiary/aromatic N) is 3. The lowest BCUT2D eigenvalue weighted by Gasteiger charge is -2.39. The van der Waals surface area contributed by atoms with Crippen LogP contribution in [-0.2, 0) is 17.8 Å². The summed E-state index contributed by atoms with van der Waals surface area (Å²) in [7, 11) is 0. The first-order valence-corrected chi connectivity index (χ1v) is 10.9. The largest absolute Gasteiger partial charge is 0.444 e.